The van der Waals surface area contributed by atoms with Gasteiger partial charge in [-0.2, -0.15) is 0 Å². The number of anilines is 2. The number of nitrogens with zero attached hydrogens (tertiary/aromatic N) is 1. The average Bonchev–Trinajstić information content (AvgIpc) is 3.32. The normalized spacial score (nSPS) is 23.8. The van der Waals surface area contributed by atoms with E-state index in [1.807, 2.05) is 26.8 Å². The van der Waals surface area contributed by atoms with Crippen molar-refractivity contribution in [1.82, 2.24) is 5.32 Å². The van der Waals surface area contributed by atoms with E-state index in [0.29, 0.717) is 11.4 Å². The van der Waals surface area contributed by atoms with Crippen LogP contribution in [0, 0.1) is 0 Å². The number of likely N-dealkylation sites (N-methyl/N-ethyl adjacent to an activating group) is 1. The number of benzene rings is 1. The zero-order valence-corrected chi connectivity index (χ0v) is 18.6. The SMILES string of the molecule is CN1C(=O)[C@@H](NC(=O)OC(C)(C)C)COc2ccc(NC3OC3OC(C)(C)C)cc21. The van der Waals surface area contributed by atoms with Crippen molar-refractivity contribution in [3.63, 3.8) is 0 Å². The van der Waals surface area contributed by atoms with Crippen LogP contribution in [0.1, 0.15) is 41.5 Å². The lowest BCUT2D eigenvalue weighted by molar-refractivity contribution is -0.120. The molecule has 2 unspecified atom stereocenters. The number of fused-ring (bicyclic) bond motifs is 1. The Bertz CT molecular complexity index is 814. The number of rotatable bonds is 4. The molecular weight excluding hydrogens is 390 g/mol. The Morgan fingerprint density at radius 3 is 2.50 bits per heavy atom. The molecule has 2 amide bonds. The van der Waals surface area contributed by atoms with E-state index >= 15 is 0 Å². The fraction of sp³-hybridized carbons (Fsp3) is 0.619. The molecule has 2 N–H and O–H groups in total. The third kappa shape index (κ3) is 5.76. The molecule has 0 spiro atoms. The number of nitrogens with one attached hydrogen (secondary N) is 2. The second-order valence-electron chi connectivity index (χ2n) is 9.39. The lowest BCUT2D eigenvalue weighted by Crippen LogP contribution is -2.50. The maximum absolute atomic E-state index is 12.9. The minimum Gasteiger partial charge on any atom is -0.489 e. The second kappa shape index (κ2) is 7.96. The average molecular weight is 421 g/mol. The van der Waals surface area contributed by atoms with E-state index in [-0.39, 0.29) is 30.6 Å². The highest BCUT2D eigenvalue weighted by Gasteiger charge is 2.43. The summed E-state index contributed by atoms with van der Waals surface area (Å²) in [5.41, 5.74) is 0.395. The van der Waals surface area contributed by atoms with Crippen molar-refractivity contribution in [3.05, 3.63) is 18.2 Å². The summed E-state index contributed by atoms with van der Waals surface area (Å²) in [5, 5.41) is 5.82. The Kier molecular flexibility index (Phi) is 5.88. The number of amides is 2. The van der Waals surface area contributed by atoms with Gasteiger partial charge in [0.2, 0.25) is 6.29 Å². The maximum Gasteiger partial charge on any atom is 0.408 e. The smallest absolute Gasteiger partial charge is 0.408 e. The number of epoxide rings is 1. The van der Waals surface area contributed by atoms with Crippen LogP contribution in [0.3, 0.4) is 0 Å². The molecule has 0 aliphatic carbocycles. The number of alkyl carbamates (subject to hydrolysis) is 1. The first kappa shape index (κ1) is 22.2. The molecule has 0 bridgehead atoms. The van der Waals surface area contributed by atoms with Crippen LogP contribution in [0.5, 0.6) is 5.75 Å². The van der Waals surface area contributed by atoms with E-state index in [1.165, 1.54) is 4.90 Å². The molecule has 1 aromatic rings. The van der Waals surface area contributed by atoms with Gasteiger partial charge in [0.05, 0.1) is 11.3 Å². The summed E-state index contributed by atoms with van der Waals surface area (Å²) in [4.78, 5) is 26.4. The molecule has 1 fully saturated rings. The maximum atomic E-state index is 12.9. The van der Waals surface area contributed by atoms with Crippen molar-refractivity contribution >= 4 is 23.4 Å². The lowest BCUT2D eigenvalue weighted by Gasteiger charge is -2.23. The van der Waals surface area contributed by atoms with Gasteiger partial charge in [0.15, 0.2) is 6.23 Å². The Labute approximate surface area is 177 Å². The summed E-state index contributed by atoms with van der Waals surface area (Å²) in [6.45, 7) is 11.2. The number of carbonyl (C=O) groups excluding carboxylic acids is 2. The highest BCUT2D eigenvalue weighted by atomic mass is 16.8. The molecular formula is C21H31N3O6. The largest absolute Gasteiger partial charge is 0.489 e. The molecule has 3 atom stereocenters. The molecule has 1 aromatic carbocycles. The van der Waals surface area contributed by atoms with E-state index in [0.717, 1.165) is 5.69 Å². The van der Waals surface area contributed by atoms with Crippen molar-refractivity contribution in [2.24, 2.45) is 0 Å². The number of hydrogen-bond donors (Lipinski definition) is 2. The van der Waals surface area contributed by atoms with Crippen molar-refractivity contribution in [2.75, 3.05) is 23.9 Å². The molecule has 2 heterocycles. The van der Waals surface area contributed by atoms with Crippen molar-refractivity contribution in [3.8, 4) is 5.75 Å². The molecule has 166 valence electrons. The molecule has 30 heavy (non-hydrogen) atoms. The van der Waals surface area contributed by atoms with Gasteiger partial charge in [-0.25, -0.2) is 4.79 Å². The van der Waals surface area contributed by atoms with E-state index in [2.05, 4.69) is 10.6 Å². The van der Waals surface area contributed by atoms with Crippen LogP contribution in [-0.4, -0.2) is 55.4 Å². The van der Waals surface area contributed by atoms with Gasteiger partial charge in [-0.1, -0.05) is 0 Å². The number of ether oxygens (including phenoxy) is 4. The summed E-state index contributed by atoms with van der Waals surface area (Å²) in [6, 6.07) is 4.57. The zero-order chi connectivity index (χ0) is 22.3. The highest BCUT2D eigenvalue weighted by molar-refractivity contribution is 6.00. The summed E-state index contributed by atoms with van der Waals surface area (Å²) in [5.74, 6) is 0.248. The molecule has 1 saturated heterocycles. The van der Waals surface area contributed by atoms with Gasteiger partial charge < -0.3 is 34.5 Å². The topological polar surface area (TPSA) is 102 Å². The first-order valence-electron chi connectivity index (χ1n) is 9.96. The molecule has 2 aliphatic rings. The predicted molar refractivity (Wildman–Crippen MR) is 112 cm³/mol. The van der Waals surface area contributed by atoms with Crippen LogP contribution in [0.4, 0.5) is 16.2 Å². The summed E-state index contributed by atoms with van der Waals surface area (Å²) in [7, 11) is 1.64. The first-order valence-corrected chi connectivity index (χ1v) is 9.96. The van der Waals surface area contributed by atoms with Gasteiger partial charge >= 0.3 is 6.09 Å². The third-order valence-electron chi connectivity index (χ3n) is 4.28. The van der Waals surface area contributed by atoms with Gasteiger partial charge in [0.1, 0.15) is 24.0 Å². The molecule has 3 rings (SSSR count). The lowest BCUT2D eigenvalue weighted by atomic mass is 10.2. The molecule has 9 nitrogen and oxygen atoms in total. The quantitative estimate of drug-likeness (QED) is 0.721. The van der Waals surface area contributed by atoms with E-state index in [1.54, 1.807) is 40.0 Å². The monoisotopic (exact) mass is 421 g/mol. The minimum absolute atomic E-state index is 0.00935. The van der Waals surface area contributed by atoms with Gasteiger partial charge in [-0.05, 0) is 59.7 Å². The molecule has 0 aromatic heterocycles. The number of hydrogen-bond acceptors (Lipinski definition) is 7. The Morgan fingerprint density at radius 2 is 1.87 bits per heavy atom. The zero-order valence-electron chi connectivity index (χ0n) is 18.6. The fourth-order valence-corrected chi connectivity index (χ4v) is 2.94. The Morgan fingerprint density at radius 1 is 1.17 bits per heavy atom. The van der Waals surface area contributed by atoms with Crippen LogP contribution in [0.2, 0.25) is 0 Å². The molecule has 0 radical (unpaired) electrons. The molecule has 0 saturated carbocycles. The van der Waals surface area contributed by atoms with Gasteiger partial charge in [0, 0.05) is 12.7 Å². The van der Waals surface area contributed by atoms with Gasteiger partial charge in [-0.3, -0.25) is 4.79 Å². The third-order valence-corrected chi connectivity index (χ3v) is 4.28. The van der Waals surface area contributed by atoms with Crippen LogP contribution in [0.25, 0.3) is 0 Å². The van der Waals surface area contributed by atoms with Crippen molar-refractivity contribution < 1.29 is 28.5 Å². The molecule has 2 aliphatic heterocycles. The summed E-state index contributed by atoms with van der Waals surface area (Å²) in [6.07, 6.45) is -1.24. The first-order chi connectivity index (χ1) is 13.8. The summed E-state index contributed by atoms with van der Waals surface area (Å²) < 4.78 is 22.3. The van der Waals surface area contributed by atoms with E-state index in [4.69, 9.17) is 18.9 Å². The van der Waals surface area contributed by atoms with Gasteiger partial charge in [0.25, 0.3) is 5.91 Å². The van der Waals surface area contributed by atoms with Crippen LogP contribution < -0.4 is 20.3 Å². The van der Waals surface area contributed by atoms with Gasteiger partial charge in [-0.15, -0.1) is 0 Å². The summed E-state index contributed by atoms with van der Waals surface area (Å²) >= 11 is 0. The van der Waals surface area contributed by atoms with Crippen LogP contribution in [-0.2, 0) is 19.0 Å². The van der Waals surface area contributed by atoms with E-state index in [9.17, 15) is 9.59 Å². The fourth-order valence-electron chi connectivity index (χ4n) is 2.94. The molecule has 9 heteroatoms. The van der Waals surface area contributed by atoms with Crippen LogP contribution in [0.15, 0.2) is 18.2 Å². The Hall–Kier alpha value is -2.52. The second-order valence-corrected chi connectivity index (χ2v) is 9.39. The number of carbonyl (C=O) groups is 2. The van der Waals surface area contributed by atoms with Crippen molar-refractivity contribution in [2.45, 2.75) is 71.3 Å². The standard InChI is InChI=1S/C21H31N3O6/c1-20(2,3)29-18-16(28-18)22-12-8-9-15-14(10-12)24(7)17(25)13(11-27-15)23-19(26)30-21(4,5)6/h8-10,13,16,18,22H,11H2,1-7H3,(H,23,26)/t13-,16?,18?/m0/s1. The minimum atomic E-state index is -0.856. The Balaban J connectivity index is 1.66. The van der Waals surface area contributed by atoms with Crippen LogP contribution >= 0.6 is 0 Å². The predicted octanol–water partition coefficient (Wildman–Crippen LogP) is 2.84. The van der Waals surface area contributed by atoms with E-state index < -0.39 is 17.7 Å². The highest BCUT2D eigenvalue weighted by Crippen LogP contribution is 2.35. The van der Waals surface area contributed by atoms with Crippen molar-refractivity contribution in [1.29, 1.82) is 0 Å².